The third-order valence-electron chi connectivity index (χ3n) is 7.98. The normalized spacial score (nSPS) is 16.8. The second-order valence-electron chi connectivity index (χ2n) is 11.9. The van der Waals surface area contributed by atoms with E-state index in [-0.39, 0.29) is 4.90 Å². The molecule has 0 aliphatic carbocycles. The van der Waals surface area contributed by atoms with Crippen molar-refractivity contribution >= 4 is 21.5 Å². The van der Waals surface area contributed by atoms with E-state index in [0.29, 0.717) is 6.10 Å². The van der Waals surface area contributed by atoms with Crippen molar-refractivity contribution in [1.29, 1.82) is 0 Å². The number of hydrogen-bond acceptors (Lipinski definition) is 6. The molecule has 240 valence electrons. The number of aryl methyl sites for hydroxylation is 2. The Kier molecular flexibility index (Phi) is 20.3. The van der Waals surface area contributed by atoms with Gasteiger partial charge < -0.3 is 14.0 Å². The molecule has 0 radical (unpaired) electrons. The highest BCUT2D eigenvalue weighted by Gasteiger charge is 2.25. The number of nitrogens with zero attached hydrogens (tertiary/aromatic N) is 1. The van der Waals surface area contributed by atoms with Gasteiger partial charge in [-0.25, -0.2) is 8.42 Å². The lowest BCUT2D eigenvalue weighted by molar-refractivity contribution is -0.692. The van der Waals surface area contributed by atoms with Gasteiger partial charge in [-0.15, -0.1) is 0 Å². The summed E-state index contributed by atoms with van der Waals surface area (Å²) in [5.41, 5.74) is 3.11. The van der Waals surface area contributed by atoms with Crippen molar-refractivity contribution < 1.29 is 27.0 Å². The van der Waals surface area contributed by atoms with E-state index in [1.54, 1.807) is 23.5 Å². The van der Waals surface area contributed by atoms with Crippen LogP contribution in [0.15, 0.2) is 46.2 Å². The highest BCUT2D eigenvalue weighted by atomic mass is 32.2. The smallest absolute Gasteiger partial charge is 0.224 e. The van der Waals surface area contributed by atoms with E-state index in [1.807, 2.05) is 6.92 Å². The minimum absolute atomic E-state index is 0.178. The first-order valence-corrected chi connectivity index (χ1v) is 18.9. The second-order valence-corrected chi connectivity index (χ2v) is 14.0. The Morgan fingerprint density at radius 2 is 1.52 bits per heavy atom. The van der Waals surface area contributed by atoms with Crippen LogP contribution >= 0.6 is 11.3 Å². The number of ether oxygens (including phenoxy) is 2. The molecule has 2 atom stereocenters. The van der Waals surface area contributed by atoms with E-state index in [1.165, 1.54) is 121 Å². The molecule has 0 spiro atoms. The van der Waals surface area contributed by atoms with Gasteiger partial charge in [-0.3, -0.25) is 0 Å². The van der Waals surface area contributed by atoms with Crippen molar-refractivity contribution in [2.75, 3.05) is 19.8 Å². The first-order valence-electron chi connectivity index (χ1n) is 16.5. The molecule has 1 aliphatic heterocycles. The van der Waals surface area contributed by atoms with Gasteiger partial charge >= 0.3 is 0 Å². The lowest BCUT2D eigenvalue weighted by atomic mass is 9.97. The van der Waals surface area contributed by atoms with Crippen molar-refractivity contribution in [2.24, 2.45) is 5.92 Å². The maximum absolute atomic E-state index is 10.4. The van der Waals surface area contributed by atoms with Crippen LogP contribution in [0.3, 0.4) is 0 Å². The number of unbranched alkanes of at least 4 members (excludes halogenated alkanes) is 13. The molecule has 1 aliphatic rings. The van der Waals surface area contributed by atoms with E-state index in [4.69, 9.17) is 9.47 Å². The molecule has 1 aromatic carbocycles. The maximum atomic E-state index is 10.4. The van der Waals surface area contributed by atoms with Crippen LogP contribution in [0.2, 0.25) is 0 Å². The summed E-state index contributed by atoms with van der Waals surface area (Å²) in [4.78, 5) is -0.178. The summed E-state index contributed by atoms with van der Waals surface area (Å²) in [7, 11) is -4.27. The Balaban J connectivity index is 0.000000468. The van der Waals surface area contributed by atoms with Crippen LogP contribution in [0.25, 0.3) is 0 Å². The van der Waals surface area contributed by atoms with Gasteiger partial charge in [0, 0.05) is 19.6 Å². The molecule has 0 bridgehead atoms. The van der Waals surface area contributed by atoms with Gasteiger partial charge in [-0.2, -0.15) is 4.57 Å². The van der Waals surface area contributed by atoms with Crippen molar-refractivity contribution in [2.45, 2.75) is 141 Å². The lowest BCUT2D eigenvalue weighted by Gasteiger charge is -2.10. The molecule has 1 aromatic heterocycles. The zero-order valence-corrected chi connectivity index (χ0v) is 28.0. The quantitative estimate of drug-likeness (QED) is 0.0745. The van der Waals surface area contributed by atoms with E-state index < -0.39 is 10.1 Å². The summed E-state index contributed by atoms with van der Waals surface area (Å²) in [6.07, 6.45) is 25.9. The molecular formula is C34H57NO5S2. The van der Waals surface area contributed by atoms with Crippen LogP contribution in [0, 0.1) is 12.8 Å². The number of benzene rings is 1. The van der Waals surface area contributed by atoms with Crippen LogP contribution in [-0.4, -0.2) is 38.9 Å². The highest BCUT2D eigenvalue weighted by molar-refractivity contribution is 7.85. The number of rotatable bonds is 22. The van der Waals surface area contributed by atoms with Crippen LogP contribution in [0.4, 0.5) is 0 Å². The SMILES string of the molecule is CCCCCCCCCCCCCC[C@H]1CO[C@H](COCCCCC[n+]2ccsc2)C1.Cc1ccc(S(=O)(=O)[O-])cc1. The minimum Gasteiger partial charge on any atom is -0.744 e. The first-order chi connectivity index (χ1) is 20.4. The van der Waals surface area contributed by atoms with Crippen molar-refractivity contribution in [3.8, 4) is 0 Å². The third-order valence-corrected chi connectivity index (χ3v) is 9.50. The number of thiazole rings is 1. The summed E-state index contributed by atoms with van der Waals surface area (Å²) in [5.74, 6) is 0.777. The molecule has 0 N–H and O–H groups in total. The molecule has 1 saturated heterocycles. The number of aromatic nitrogens is 1. The van der Waals surface area contributed by atoms with Gasteiger partial charge in [0.25, 0.3) is 0 Å². The van der Waals surface area contributed by atoms with Crippen LogP contribution < -0.4 is 4.57 Å². The zero-order valence-electron chi connectivity index (χ0n) is 26.4. The van der Waals surface area contributed by atoms with Gasteiger partial charge in [0.2, 0.25) is 5.51 Å². The highest BCUT2D eigenvalue weighted by Crippen LogP contribution is 2.25. The molecule has 0 amide bonds. The summed E-state index contributed by atoms with van der Waals surface area (Å²) in [6, 6.07) is 5.78. The van der Waals surface area contributed by atoms with E-state index in [9.17, 15) is 13.0 Å². The van der Waals surface area contributed by atoms with Crippen molar-refractivity contribution in [1.82, 2.24) is 0 Å². The molecule has 2 heterocycles. The molecule has 0 unspecified atom stereocenters. The minimum atomic E-state index is -4.27. The van der Waals surface area contributed by atoms with Gasteiger partial charge in [0.05, 0.1) is 23.0 Å². The molecule has 6 nitrogen and oxygen atoms in total. The first kappa shape index (κ1) is 36.9. The fourth-order valence-electron chi connectivity index (χ4n) is 5.36. The number of hydrogen-bond donors (Lipinski definition) is 0. The molecule has 3 rings (SSSR count). The fourth-order valence-corrected chi connectivity index (χ4v) is 6.45. The molecule has 42 heavy (non-hydrogen) atoms. The van der Waals surface area contributed by atoms with Crippen LogP contribution in [0.1, 0.15) is 122 Å². The zero-order chi connectivity index (χ0) is 30.3. The van der Waals surface area contributed by atoms with Gasteiger partial charge in [-0.05, 0) is 50.7 Å². The summed E-state index contributed by atoms with van der Waals surface area (Å²) >= 11 is 1.76. The van der Waals surface area contributed by atoms with Gasteiger partial charge in [0.1, 0.15) is 16.7 Å². The van der Waals surface area contributed by atoms with Gasteiger partial charge in [0.15, 0.2) is 6.20 Å². The molecule has 2 aromatic rings. The van der Waals surface area contributed by atoms with E-state index in [2.05, 4.69) is 28.6 Å². The Morgan fingerprint density at radius 3 is 2.12 bits per heavy atom. The summed E-state index contributed by atoms with van der Waals surface area (Å²) in [5, 5.41) is 2.13. The Hall–Kier alpha value is -1.32. The third kappa shape index (κ3) is 18.4. The fraction of sp³-hybridized carbons (Fsp3) is 0.735. The lowest BCUT2D eigenvalue weighted by Crippen LogP contribution is -2.29. The van der Waals surface area contributed by atoms with Gasteiger partial charge in [-0.1, -0.05) is 113 Å². The Bertz CT molecular complexity index is 995. The summed E-state index contributed by atoms with van der Waals surface area (Å²) in [6.45, 7) is 7.90. The Morgan fingerprint density at radius 1 is 0.905 bits per heavy atom. The largest absolute Gasteiger partial charge is 0.744 e. The van der Waals surface area contributed by atoms with Crippen molar-refractivity contribution in [3.05, 3.63) is 46.9 Å². The van der Waals surface area contributed by atoms with E-state index in [0.717, 1.165) is 37.8 Å². The van der Waals surface area contributed by atoms with Crippen LogP contribution in [-0.2, 0) is 26.1 Å². The monoisotopic (exact) mass is 623 g/mol. The predicted octanol–water partition coefficient (Wildman–Crippen LogP) is 8.62. The Labute approximate surface area is 261 Å². The molecule has 0 saturated carbocycles. The predicted molar refractivity (Wildman–Crippen MR) is 172 cm³/mol. The molecule has 8 heteroatoms. The van der Waals surface area contributed by atoms with E-state index >= 15 is 0 Å². The molecule has 1 fully saturated rings. The van der Waals surface area contributed by atoms with Crippen molar-refractivity contribution in [3.63, 3.8) is 0 Å². The maximum Gasteiger partial charge on any atom is 0.224 e. The second kappa shape index (κ2) is 23.1. The average molecular weight is 624 g/mol. The van der Waals surface area contributed by atoms with Crippen LogP contribution in [0.5, 0.6) is 0 Å². The average Bonchev–Trinajstić information content (AvgIpc) is 3.66. The standard InChI is InChI=1S/C27H50NO2S.C7H8O3S/c1-2-3-4-5-6-7-8-9-10-11-12-14-17-26-22-27(30-23-26)24-29-20-16-13-15-18-28-19-21-31-25-28;1-6-2-4-7(5-3-6)11(8,9)10/h19,21,25-27H,2-18,20,22-24H2,1H3;2-5H,1H3,(H,8,9,10)/q+1;/p-1/t26-,27+;/m1./s1. The molecular weight excluding hydrogens is 567 g/mol. The summed E-state index contributed by atoms with van der Waals surface area (Å²) < 4.78 is 45.3. The topological polar surface area (TPSA) is 79.5 Å².